The van der Waals surface area contributed by atoms with Crippen molar-refractivity contribution in [1.29, 1.82) is 0 Å². The monoisotopic (exact) mass is 479 g/mol. The van der Waals surface area contributed by atoms with E-state index in [2.05, 4.69) is 20.2 Å². The summed E-state index contributed by atoms with van der Waals surface area (Å²) in [6.07, 6.45) is 1.84. The van der Waals surface area contributed by atoms with Gasteiger partial charge < -0.3 is 15.0 Å². The fourth-order valence-corrected chi connectivity index (χ4v) is 5.37. The smallest absolute Gasteiger partial charge is 0.325 e. The van der Waals surface area contributed by atoms with Gasteiger partial charge in [-0.25, -0.2) is 14.2 Å². The van der Waals surface area contributed by atoms with Crippen molar-refractivity contribution in [3.63, 3.8) is 0 Å². The molecule has 2 aromatic carbocycles. The molecule has 0 saturated carbocycles. The number of urea groups is 1. The van der Waals surface area contributed by atoms with Crippen LogP contribution in [0.1, 0.15) is 24.2 Å². The molecule has 0 bridgehead atoms. The summed E-state index contributed by atoms with van der Waals surface area (Å²) >= 11 is 0. The van der Waals surface area contributed by atoms with Crippen LogP contribution in [0.5, 0.6) is 0 Å². The van der Waals surface area contributed by atoms with Crippen molar-refractivity contribution in [2.75, 3.05) is 33.4 Å². The van der Waals surface area contributed by atoms with E-state index in [1.165, 1.54) is 17.0 Å². The van der Waals surface area contributed by atoms with E-state index in [1.807, 2.05) is 24.3 Å². The van der Waals surface area contributed by atoms with Crippen LogP contribution < -0.4 is 5.32 Å². The van der Waals surface area contributed by atoms with Crippen molar-refractivity contribution in [2.24, 2.45) is 5.92 Å². The van der Waals surface area contributed by atoms with Crippen molar-refractivity contribution >= 4 is 23.0 Å². The number of imidazole rings is 1. The lowest BCUT2D eigenvalue weighted by molar-refractivity contribution is -0.134. The molecule has 5 rings (SSSR count). The summed E-state index contributed by atoms with van der Waals surface area (Å²) in [6, 6.07) is 13.7. The fraction of sp³-hybridized carbons (Fsp3) is 0.423. The number of piperidine rings is 1. The molecule has 0 unspecified atom stereocenters. The third-order valence-electron chi connectivity index (χ3n) is 7.21. The number of fused-ring (bicyclic) bond motifs is 1. The van der Waals surface area contributed by atoms with Crippen LogP contribution in [0.25, 0.3) is 11.0 Å². The predicted octanol–water partition coefficient (Wildman–Crippen LogP) is 3.09. The summed E-state index contributed by atoms with van der Waals surface area (Å²) in [4.78, 5) is 38.2. The van der Waals surface area contributed by atoms with Crippen molar-refractivity contribution in [1.82, 2.24) is 25.1 Å². The highest BCUT2D eigenvalue weighted by Gasteiger charge is 2.55. The second-order valence-electron chi connectivity index (χ2n) is 9.41. The lowest BCUT2D eigenvalue weighted by Crippen LogP contribution is -2.57. The first-order valence-electron chi connectivity index (χ1n) is 12.0. The number of ether oxygens (including phenoxy) is 1. The Morgan fingerprint density at radius 3 is 2.57 bits per heavy atom. The van der Waals surface area contributed by atoms with Gasteiger partial charge in [0.1, 0.15) is 17.2 Å². The Morgan fingerprint density at radius 2 is 1.86 bits per heavy atom. The van der Waals surface area contributed by atoms with Gasteiger partial charge in [-0.05, 0) is 61.7 Å². The number of carbonyl (C=O) groups is 2. The second-order valence-corrected chi connectivity index (χ2v) is 9.41. The normalized spacial score (nSPS) is 21.7. The summed E-state index contributed by atoms with van der Waals surface area (Å²) in [5.41, 5.74) is 1.74. The minimum atomic E-state index is -1.05. The van der Waals surface area contributed by atoms with Crippen LogP contribution >= 0.6 is 0 Å². The maximum absolute atomic E-state index is 13.7. The number of halogens is 1. The molecule has 2 aliphatic heterocycles. The van der Waals surface area contributed by atoms with Crippen LogP contribution in [0.2, 0.25) is 0 Å². The second kappa shape index (κ2) is 9.75. The molecule has 1 aromatic heterocycles. The molecule has 0 radical (unpaired) electrons. The number of hydrogen-bond acceptors (Lipinski definition) is 5. The summed E-state index contributed by atoms with van der Waals surface area (Å²) in [7, 11) is 1.54. The van der Waals surface area contributed by atoms with Crippen LogP contribution in [-0.2, 0) is 22.5 Å². The first-order chi connectivity index (χ1) is 17.0. The van der Waals surface area contributed by atoms with Crippen LogP contribution in [0.4, 0.5) is 9.18 Å². The largest absolute Gasteiger partial charge is 0.383 e. The van der Waals surface area contributed by atoms with E-state index >= 15 is 0 Å². The quantitative estimate of drug-likeness (QED) is 0.485. The van der Waals surface area contributed by atoms with Gasteiger partial charge in [-0.3, -0.25) is 14.6 Å². The van der Waals surface area contributed by atoms with E-state index in [0.29, 0.717) is 13.0 Å². The molecular formula is C26H30FN5O3. The molecule has 2 fully saturated rings. The number of nitrogens with zero attached hydrogens (tertiary/aromatic N) is 3. The fourth-order valence-electron chi connectivity index (χ4n) is 5.37. The first-order valence-corrected chi connectivity index (χ1v) is 12.0. The summed E-state index contributed by atoms with van der Waals surface area (Å²) in [6.45, 7) is 2.76. The molecule has 2 aliphatic rings. The number of benzene rings is 2. The van der Waals surface area contributed by atoms with Gasteiger partial charge in [-0.1, -0.05) is 24.3 Å². The predicted molar refractivity (Wildman–Crippen MR) is 129 cm³/mol. The van der Waals surface area contributed by atoms with Gasteiger partial charge in [0.2, 0.25) is 0 Å². The lowest BCUT2D eigenvalue weighted by Gasteiger charge is -2.41. The van der Waals surface area contributed by atoms with Crippen LogP contribution in [-0.4, -0.2) is 70.6 Å². The third-order valence-corrected chi connectivity index (χ3v) is 7.21. The summed E-state index contributed by atoms with van der Waals surface area (Å²) in [5, 5.41) is 3.04. The molecule has 9 heteroatoms. The average Bonchev–Trinajstić information content (AvgIpc) is 3.37. The maximum Gasteiger partial charge on any atom is 0.325 e. The number of likely N-dealkylation sites (tertiary alicyclic amines) is 1. The first kappa shape index (κ1) is 23.4. The molecule has 3 heterocycles. The Kier molecular flexibility index (Phi) is 6.53. The number of rotatable bonds is 8. The number of H-pyrrole nitrogens is 1. The molecule has 8 nitrogen and oxygen atoms in total. The third kappa shape index (κ3) is 4.66. The number of amides is 3. The molecule has 35 heavy (non-hydrogen) atoms. The number of imide groups is 1. The van der Waals surface area contributed by atoms with Crippen molar-refractivity contribution < 1.29 is 18.7 Å². The zero-order valence-electron chi connectivity index (χ0n) is 19.8. The number of nitrogens with one attached hydrogen (secondary N) is 2. The van der Waals surface area contributed by atoms with E-state index in [4.69, 9.17) is 4.74 Å². The Labute approximate surface area is 203 Å². The number of hydrogen-bond donors (Lipinski definition) is 2. The molecule has 3 amide bonds. The molecule has 1 atom stereocenters. The van der Waals surface area contributed by atoms with Gasteiger partial charge in [-0.2, -0.15) is 0 Å². The molecule has 184 valence electrons. The molecule has 3 aromatic rings. The van der Waals surface area contributed by atoms with E-state index in [0.717, 1.165) is 48.4 Å². The van der Waals surface area contributed by atoms with Gasteiger partial charge in [-0.15, -0.1) is 0 Å². The summed E-state index contributed by atoms with van der Waals surface area (Å²) in [5.74, 6) is 0.329. The minimum Gasteiger partial charge on any atom is -0.383 e. The zero-order valence-corrected chi connectivity index (χ0v) is 19.8. The Bertz CT molecular complexity index is 1170. The van der Waals surface area contributed by atoms with Gasteiger partial charge in [0.05, 0.1) is 30.7 Å². The molecule has 0 spiro atoms. The average molecular weight is 480 g/mol. The molecule has 0 aliphatic carbocycles. The summed E-state index contributed by atoms with van der Waals surface area (Å²) < 4.78 is 18.6. The van der Waals surface area contributed by atoms with Gasteiger partial charge in [0.15, 0.2) is 0 Å². The number of methoxy groups -OCH3 is 1. The Balaban J connectivity index is 1.33. The van der Waals surface area contributed by atoms with Crippen LogP contribution in [0, 0.1) is 11.7 Å². The topological polar surface area (TPSA) is 90.6 Å². The van der Waals surface area contributed by atoms with Gasteiger partial charge in [0, 0.05) is 13.5 Å². The minimum absolute atomic E-state index is 0.0385. The van der Waals surface area contributed by atoms with Crippen LogP contribution in [0.15, 0.2) is 48.5 Å². The van der Waals surface area contributed by atoms with E-state index in [1.54, 1.807) is 19.2 Å². The highest BCUT2D eigenvalue weighted by molar-refractivity contribution is 6.07. The Morgan fingerprint density at radius 1 is 1.11 bits per heavy atom. The highest BCUT2D eigenvalue weighted by atomic mass is 19.1. The van der Waals surface area contributed by atoms with E-state index < -0.39 is 5.54 Å². The maximum atomic E-state index is 13.7. The molecule has 2 saturated heterocycles. The van der Waals surface area contributed by atoms with Gasteiger partial charge >= 0.3 is 6.03 Å². The highest BCUT2D eigenvalue weighted by Crippen LogP contribution is 2.36. The van der Waals surface area contributed by atoms with E-state index in [9.17, 15) is 14.0 Å². The van der Waals surface area contributed by atoms with Crippen LogP contribution in [0.3, 0.4) is 0 Å². The van der Waals surface area contributed by atoms with E-state index in [-0.39, 0.29) is 36.8 Å². The Hall–Kier alpha value is -3.30. The zero-order chi connectivity index (χ0) is 24.4. The van der Waals surface area contributed by atoms with Gasteiger partial charge in [0.25, 0.3) is 5.91 Å². The number of aromatic amines is 1. The standard InChI is InChI=1S/C26H30FN5O3/c1-35-15-14-32-24(33)26(30-25(32)34,16-18-6-8-20(27)9-7-18)19-10-12-31(13-11-19)17-23-28-21-4-2-3-5-22(21)29-23/h2-9,19H,10-17H2,1H3,(H,28,29)(H,30,34)/t26-/m0/s1. The number of para-hydroxylation sites is 2. The van der Waals surface area contributed by atoms with Crippen molar-refractivity contribution in [3.05, 3.63) is 65.7 Å². The molecular weight excluding hydrogens is 449 g/mol. The number of aromatic nitrogens is 2. The van der Waals surface area contributed by atoms with Crippen molar-refractivity contribution in [3.8, 4) is 0 Å². The molecule has 2 N–H and O–H groups in total. The lowest BCUT2D eigenvalue weighted by atomic mass is 9.74. The van der Waals surface area contributed by atoms with Crippen molar-refractivity contribution in [2.45, 2.75) is 31.3 Å². The number of carbonyl (C=O) groups excluding carboxylic acids is 2. The SMILES string of the molecule is COCCN1C(=O)N[C@@](Cc2ccc(F)cc2)(C2CCN(Cc3nc4ccccc4[nH]3)CC2)C1=O.